The number of carbonyl (C=O) groups is 2. The van der Waals surface area contributed by atoms with E-state index in [9.17, 15) is 14.4 Å². The highest BCUT2D eigenvalue weighted by molar-refractivity contribution is 8.26. The number of para-hydroxylation sites is 1. The van der Waals surface area contributed by atoms with Crippen LogP contribution in [0.2, 0.25) is 0 Å². The summed E-state index contributed by atoms with van der Waals surface area (Å²) in [6.07, 6.45) is 1.80. The Bertz CT molecular complexity index is 1260. The molecule has 4 rings (SSSR count). The fourth-order valence-electron chi connectivity index (χ4n) is 3.49. The first-order valence-corrected chi connectivity index (χ1v) is 11.6. The van der Waals surface area contributed by atoms with Crippen molar-refractivity contribution in [2.45, 2.75) is 19.5 Å². The summed E-state index contributed by atoms with van der Waals surface area (Å²) in [5, 5.41) is 2.81. The lowest BCUT2D eigenvalue weighted by molar-refractivity contribution is -0.138. The van der Waals surface area contributed by atoms with E-state index in [2.05, 4.69) is 4.98 Å². The number of nitrogens with zero attached hydrogens (tertiary/aromatic N) is 2. The molecule has 0 spiro atoms. The second-order valence-electron chi connectivity index (χ2n) is 7.14. The first-order valence-electron chi connectivity index (χ1n) is 9.51. The van der Waals surface area contributed by atoms with Gasteiger partial charge in [-0.1, -0.05) is 48.2 Å². The summed E-state index contributed by atoms with van der Waals surface area (Å²) in [6.45, 7) is 1.92. The maximum absolute atomic E-state index is 13.1. The van der Waals surface area contributed by atoms with Crippen LogP contribution >= 0.6 is 35.3 Å². The van der Waals surface area contributed by atoms with Crippen molar-refractivity contribution in [1.82, 2.24) is 14.8 Å². The molecule has 1 aromatic carbocycles. The lowest BCUT2D eigenvalue weighted by atomic mass is 10.1. The zero-order chi connectivity index (χ0) is 22.1. The Morgan fingerprint density at radius 1 is 1.26 bits per heavy atom. The normalized spacial score (nSPS) is 16.3. The summed E-state index contributed by atoms with van der Waals surface area (Å²) >= 11 is 8.13. The summed E-state index contributed by atoms with van der Waals surface area (Å²) in [5.41, 5.74) is 1.23. The summed E-state index contributed by atoms with van der Waals surface area (Å²) in [4.78, 5) is 45.2. The predicted octanol–water partition coefficient (Wildman–Crippen LogP) is 3.84. The molecule has 0 radical (unpaired) electrons. The van der Waals surface area contributed by atoms with Gasteiger partial charge in [-0.05, 0) is 36.1 Å². The van der Waals surface area contributed by atoms with Gasteiger partial charge in [0.2, 0.25) is 11.5 Å². The number of carbonyl (C=O) groups excluding carboxylic acids is 2. The fraction of sp³-hybridized carbons (Fsp3) is 0.182. The van der Waals surface area contributed by atoms with Crippen molar-refractivity contribution in [1.29, 1.82) is 0 Å². The number of thiophene rings is 1. The van der Waals surface area contributed by atoms with E-state index in [0.717, 1.165) is 21.3 Å². The molecule has 1 fully saturated rings. The number of benzene rings is 1. The molecule has 1 atom stereocenters. The number of rotatable bonds is 5. The van der Waals surface area contributed by atoms with Gasteiger partial charge in [0.1, 0.15) is 10.4 Å². The first-order chi connectivity index (χ1) is 14.8. The van der Waals surface area contributed by atoms with Gasteiger partial charge in [-0.2, -0.15) is 0 Å². The first kappa shape index (κ1) is 21.5. The van der Waals surface area contributed by atoms with Crippen LogP contribution in [-0.4, -0.2) is 44.0 Å². The third kappa shape index (κ3) is 4.34. The van der Waals surface area contributed by atoms with Crippen LogP contribution in [0.5, 0.6) is 0 Å². The molecule has 1 aliphatic heterocycles. The summed E-state index contributed by atoms with van der Waals surface area (Å²) in [5.74, 6) is -0.516. The Morgan fingerprint density at radius 3 is 2.77 bits per heavy atom. The maximum atomic E-state index is 13.1. The van der Waals surface area contributed by atoms with Gasteiger partial charge in [0, 0.05) is 35.4 Å². The molecule has 3 heterocycles. The molecule has 31 heavy (non-hydrogen) atoms. The number of aromatic nitrogens is 1. The number of likely N-dealkylation sites (N-methyl/N-ethyl adjacent to an activating group) is 1. The summed E-state index contributed by atoms with van der Waals surface area (Å²) in [7, 11) is 1.66. The second kappa shape index (κ2) is 8.78. The van der Waals surface area contributed by atoms with Gasteiger partial charge in [-0.15, -0.1) is 11.3 Å². The number of thioether (sulfide) groups is 1. The molecule has 0 unspecified atom stereocenters. The largest absolute Gasteiger partial charge is 0.340 e. The lowest BCUT2D eigenvalue weighted by Crippen LogP contribution is -2.47. The monoisotopic (exact) mass is 469 g/mol. The maximum Gasteiger partial charge on any atom is 0.266 e. The van der Waals surface area contributed by atoms with Crippen molar-refractivity contribution in [2.24, 2.45) is 0 Å². The third-order valence-electron chi connectivity index (χ3n) is 5.00. The Labute approximate surface area is 192 Å². The highest BCUT2D eigenvalue weighted by Gasteiger charge is 2.39. The van der Waals surface area contributed by atoms with E-state index in [1.807, 2.05) is 41.8 Å². The Hall–Kier alpha value is -2.75. The van der Waals surface area contributed by atoms with Crippen LogP contribution < -0.4 is 5.56 Å². The average molecular weight is 470 g/mol. The Kier molecular flexibility index (Phi) is 6.08. The van der Waals surface area contributed by atoms with Gasteiger partial charge in [0.15, 0.2) is 0 Å². The topological polar surface area (TPSA) is 73.5 Å². The number of hydrogen-bond donors (Lipinski definition) is 1. The minimum atomic E-state index is -0.750. The average Bonchev–Trinajstić information content (AvgIpc) is 3.34. The van der Waals surface area contributed by atoms with Crippen LogP contribution in [0.1, 0.15) is 17.4 Å². The Morgan fingerprint density at radius 2 is 2.03 bits per heavy atom. The number of pyridine rings is 1. The van der Waals surface area contributed by atoms with Crippen LogP contribution in [-0.2, 0) is 16.1 Å². The molecule has 3 aromatic rings. The standard InChI is InChI=1S/C22H19N3O3S3/c1-13(25-21(28)18(31-22(25)29)11-15-6-5-9-30-15)20(27)24(2)12-14-10-19(26)23-17-8-4-3-7-16(14)17/h3-11,13H,12H2,1-2H3,(H,23,26)/b18-11+/t13-/m0/s1. The minimum absolute atomic E-state index is 0.224. The van der Waals surface area contributed by atoms with Crippen LogP contribution in [0.25, 0.3) is 17.0 Å². The van der Waals surface area contributed by atoms with Crippen molar-refractivity contribution in [2.75, 3.05) is 7.05 Å². The molecule has 9 heteroatoms. The smallest absolute Gasteiger partial charge is 0.266 e. The SMILES string of the molecule is C[C@@H](C(=O)N(C)Cc1cc(=O)[nH]c2ccccc12)N1C(=O)/C(=C\c2cccs2)SC1=S. The molecule has 0 bridgehead atoms. The van der Waals surface area contributed by atoms with Gasteiger partial charge in [0.05, 0.1) is 4.91 Å². The third-order valence-corrected chi connectivity index (χ3v) is 7.15. The number of amides is 2. The van der Waals surface area contributed by atoms with E-state index >= 15 is 0 Å². The van der Waals surface area contributed by atoms with Gasteiger partial charge in [-0.25, -0.2) is 0 Å². The molecule has 1 saturated heterocycles. The van der Waals surface area contributed by atoms with Crippen LogP contribution in [0.4, 0.5) is 0 Å². The van der Waals surface area contributed by atoms with Crippen LogP contribution in [0.15, 0.2) is 57.5 Å². The fourth-order valence-corrected chi connectivity index (χ4v) is 5.63. The number of fused-ring (bicyclic) bond motifs is 1. The van der Waals surface area contributed by atoms with Gasteiger partial charge in [-0.3, -0.25) is 19.3 Å². The van der Waals surface area contributed by atoms with E-state index in [-0.39, 0.29) is 23.9 Å². The number of hydrogen-bond acceptors (Lipinski definition) is 6. The molecule has 1 aliphatic rings. The highest BCUT2D eigenvalue weighted by atomic mass is 32.2. The summed E-state index contributed by atoms with van der Waals surface area (Å²) in [6, 6.07) is 12.0. The zero-order valence-corrected chi connectivity index (χ0v) is 19.3. The van der Waals surface area contributed by atoms with Crippen molar-refractivity contribution in [3.63, 3.8) is 0 Å². The van der Waals surface area contributed by atoms with Crippen molar-refractivity contribution < 1.29 is 9.59 Å². The van der Waals surface area contributed by atoms with E-state index in [4.69, 9.17) is 12.2 Å². The quantitative estimate of drug-likeness (QED) is 0.454. The summed E-state index contributed by atoms with van der Waals surface area (Å²) < 4.78 is 0.365. The van der Waals surface area contributed by atoms with Gasteiger partial charge >= 0.3 is 0 Å². The van der Waals surface area contributed by atoms with Gasteiger partial charge < -0.3 is 9.88 Å². The number of nitrogens with one attached hydrogen (secondary N) is 1. The predicted molar refractivity (Wildman–Crippen MR) is 130 cm³/mol. The molecule has 2 aromatic heterocycles. The van der Waals surface area contributed by atoms with E-state index in [1.165, 1.54) is 39.0 Å². The lowest BCUT2D eigenvalue weighted by Gasteiger charge is -2.27. The minimum Gasteiger partial charge on any atom is -0.340 e. The number of aromatic amines is 1. The number of thiocarbonyl (C=S) groups is 1. The highest BCUT2D eigenvalue weighted by Crippen LogP contribution is 2.35. The Balaban J connectivity index is 1.54. The molecule has 6 nitrogen and oxygen atoms in total. The van der Waals surface area contributed by atoms with Crippen molar-refractivity contribution >= 4 is 68.4 Å². The van der Waals surface area contributed by atoms with E-state index < -0.39 is 6.04 Å². The molecular weight excluding hydrogens is 450 g/mol. The number of H-pyrrole nitrogens is 1. The van der Waals surface area contributed by atoms with E-state index in [0.29, 0.717) is 9.23 Å². The van der Waals surface area contributed by atoms with Crippen molar-refractivity contribution in [3.05, 3.63) is 73.5 Å². The van der Waals surface area contributed by atoms with Crippen molar-refractivity contribution in [3.8, 4) is 0 Å². The molecule has 0 aliphatic carbocycles. The van der Waals surface area contributed by atoms with Crippen LogP contribution in [0, 0.1) is 0 Å². The molecule has 1 N–H and O–H groups in total. The molecule has 158 valence electrons. The molecule has 0 saturated carbocycles. The second-order valence-corrected chi connectivity index (χ2v) is 9.80. The molecular formula is C22H19N3O3S3. The zero-order valence-electron chi connectivity index (χ0n) is 16.8. The van der Waals surface area contributed by atoms with Gasteiger partial charge in [0.25, 0.3) is 5.91 Å². The van der Waals surface area contributed by atoms with Crippen LogP contribution in [0.3, 0.4) is 0 Å². The van der Waals surface area contributed by atoms with E-state index in [1.54, 1.807) is 20.0 Å². The molecule has 2 amide bonds.